The molecule has 1 fully saturated rings. The van der Waals surface area contributed by atoms with Crippen molar-refractivity contribution in [2.24, 2.45) is 0 Å². The molecule has 0 spiro atoms. The van der Waals surface area contributed by atoms with Gasteiger partial charge in [0, 0.05) is 22.3 Å². The summed E-state index contributed by atoms with van der Waals surface area (Å²) < 4.78 is 7.57. The molecule has 0 N–H and O–H groups in total. The summed E-state index contributed by atoms with van der Waals surface area (Å²) in [4.78, 5) is 15.3. The van der Waals surface area contributed by atoms with Crippen LogP contribution < -0.4 is 0 Å². The molecule has 5 rings (SSSR count). The number of halogens is 1. The van der Waals surface area contributed by atoms with Gasteiger partial charge in [-0.15, -0.1) is 10.2 Å². The van der Waals surface area contributed by atoms with Crippen molar-refractivity contribution in [3.63, 3.8) is 0 Å². The van der Waals surface area contributed by atoms with Crippen LogP contribution in [0, 0.1) is 0 Å². The minimum Gasteiger partial charge on any atom is -0.467 e. The normalized spacial score (nSPS) is 16.1. The Labute approximate surface area is 196 Å². The van der Waals surface area contributed by atoms with Crippen molar-refractivity contribution < 1.29 is 9.21 Å². The number of nitrogens with zero attached hydrogens (tertiary/aromatic N) is 4. The van der Waals surface area contributed by atoms with Crippen LogP contribution in [0.5, 0.6) is 0 Å². The molecule has 6 nitrogen and oxygen atoms in total. The standard InChI is InChI=1S/C24H25ClN4O2S/c25-18-10-8-17(9-11-18)23-26-27-24(28(23)15-21-7-4-14-31-21)32-16-22(30)29(20-12-13-20)19-5-2-1-3-6-19/h4-5,7-11,14,20H,1-3,6,12-13,15-16H2. The van der Waals surface area contributed by atoms with Gasteiger partial charge in [-0.25, -0.2) is 0 Å². The molecule has 8 heteroatoms. The van der Waals surface area contributed by atoms with Gasteiger partial charge in [0.25, 0.3) is 0 Å². The maximum Gasteiger partial charge on any atom is 0.237 e. The van der Waals surface area contributed by atoms with Crippen molar-refractivity contribution in [3.05, 3.63) is 65.2 Å². The van der Waals surface area contributed by atoms with E-state index < -0.39 is 0 Å². The van der Waals surface area contributed by atoms with Crippen LogP contribution in [-0.2, 0) is 11.3 Å². The van der Waals surface area contributed by atoms with E-state index in [1.165, 1.54) is 23.9 Å². The molecule has 0 atom stereocenters. The van der Waals surface area contributed by atoms with Crippen molar-refractivity contribution >= 4 is 29.3 Å². The first-order valence-electron chi connectivity index (χ1n) is 11.0. The Morgan fingerprint density at radius 2 is 2.03 bits per heavy atom. The van der Waals surface area contributed by atoms with E-state index in [2.05, 4.69) is 21.2 Å². The van der Waals surface area contributed by atoms with Crippen LogP contribution in [0.25, 0.3) is 11.4 Å². The Morgan fingerprint density at radius 3 is 2.72 bits per heavy atom. The van der Waals surface area contributed by atoms with Crippen molar-refractivity contribution in [1.82, 2.24) is 19.7 Å². The first-order chi connectivity index (χ1) is 15.7. The lowest BCUT2D eigenvalue weighted by atomic mass is 10.0. The van der Waals surface area contributed by atoms with Crippen LogP contribution >= 0.6 is 23.4 Å². The monoisotopic (exact) mass is 468 g/mol. The quantitative estimate of drug-likeness (QED) is 0.392. The molecule has 1 aromatic carbocycles. The van der Waals surface area contributed by atoms with Crippen molar-refractivity contribution in [3.8, 4) is 11.4 Å². The SMILES string of the molecule is O=C(CSc1nnc(-c2ccc(Cl)cc2)n1Cc1ccco1)N(C1=CCCCC1)C1CC1. The van der Waals surface area contributed by atoms with E-state index in [1.807, 2.05) is 41.0 Å². The third-order valence-electron chi connectivity index (χ3n) is 5.80. The molecule has 0 saturated heterocycles. The van der Waals surface area contributed by atoms with E-state index in [9.17, 15) is 4.79 Å². The number of furan rings is 1. The first-order valence-corrected chi connectivity index (χ1v) is 12.4. The lowest BCUT2D eigenvalue weighted by Gasteiger charge is -2.27. The molecule has 1 amide bonds. The fraction of sp³-hybridized carbons (Fsp3) is 0.375. The summed E-state index contributed by atoms with van der Waals surface area (Å²) in [5, 5.41) is 10.2. The zero-order valence-corrected chi connectivity index (χ0v) is 19.3. The van der Waals surface area contributed by atoms with Gasteiger partial charge in [-0.05, 0) is 74.9 Å². The van der Waals surface area contributed by atoms with Gasteiger partial charge in [0.05, 0.1) is 18.6 Å². The molecule has 1 saturated carbocycles. The van der Waals surface area contributed by atoms with Gasteiger partial charge in [0.2, 0.25) is 5.91 Å². The maximum absolute atomic E-state index is 13.2. The van der Waals surface area contributed by atoms with Gasteiger partial charge in [-0.3, -0.25) is 9.36 Å². The molecule has 0 aliphatic heterocycles. The highest BCUT2D eigenvalue weighted by molar-refractivity contribution is 7.99. The summed E-state index contributed by atoms with van der Waals surface area (Å²) >= 11 is 7.50. The van der Waals surface area contributed by atoms with Crippen LogP contribution in [-0.4, -0.2) is 37.4 Å². The highest BCUT2D eigenvalue weighted by Gasteiger charge is 2.35. The topological polar surface area (TPSA) is 64.2 Å². The van der Waals surface area contributed by atoms with Gasteiger partial charge in [0.1, 0.15) is 5.76 Å². The van der Waals surface area contributed by atoms with Gasteiger partial charge in [-0.2, -0.15) is 0 Å². The summed E-state index contributed by atoms with van der Waals surface area (Å²) in [6.07, 6.45) is 10.6. The Hall–Kier alpha value is -2.51. The number of aromatic nitrogens is 3. The van der Waals surface area contributed by atoms with Crippen LogP contribution in [0.15, 0.2) is 64.0 Å². The number of hydrogen-bond donors (Lipinski definition) is 0. The average Bonchev–Trinajstić information content (AvgIpc) is 3.35. The van der Waals surface area contributed by atoms with E-state index in [0.717, 1.165) is 49.3 Å². The number of hydrogen-bond acceptors (Lipinski definition) is 5. The first kappa shape index (κ1) is 21.3. The molecule has 2 heterocycles. The van der Waals surface area contributed by atoms with E-state index in [-0.39, 0.29) is 5.91 Å². The van der Waals surface area contributed by atoms with Crippen LogP contribution in [0.1, 0.15) is 44.3 Å². The van der Waals surface area contributed by atoms with E-state index in [1.54, 1.807) is 6.26 Å². The lowest BCUT2D eigenvalue weighted by molar-refractivity contribution is -0.127. The highest BCUT2D eigenvalue weighted by atomic mass is 35.5. The minimum absolute atomic E-state index is 0.159. The second-order valence-electron chi connectivity index (χ2n) is 8.20. The third kappa shape index (κ3) is 4.79. The molecule has 0 bridgehead atoms. The number of thioether (sulfide) groups is 1. The highest BCUT2D eigenvalue weighted by Crippen LogP contribution is 2.35. The predicted molar refractivity (Wildman–Crippen MR) is 125 cm³/mol. The molecule has 32 heavy (non-hydrogen) atoms. The molecule has 2 aliphatic rings. The number of carbonyl (C=O) groups excluding carboxylic acids is 1. The van der Waals surface area contributed by atoms with Gasteiger partial charge < -0.3 is 9.32 Å². The van der Waals surface area contributed by atoms with E-state index >= 15 is 0 Å². The van der Waals surface area contributed by atoms with Crippen LogP contribution in [0.3, 0.4) is 0 Å². The summed E-state index contributed by atoms with van der Waals surface area (Å²) in [6.45, 7) is 0.492. The fourth-order valence-corrected chi connectivity index (χ4v) is 5.00. The molecule has 0 unspecified atom stereocenters. The zero-order valence-electron chi connectivity index (χ0n) is 17.7. The summed E-state index contributed by atoms with van der Waals surface area (Å²) in [5.74, 6) is 2.03. The summed E-state index contributed by atoms with van der Waals surface area (Å²) in [5.41, 5.74) is 2.13. The second-order valence-corrected chi connectivity index (χ2v) is 9.58. The summed E-state index contributed by atoms with van der Waals surface area (Å²) in [7, 11) is 0. The Morgan fingerprint density at radius 1 is 1.19 bits per heavy atom. The van der Waals surface area contributed by atoms with Crippen molar-refractivity contribution in [1.29, 1.82) is 0 Å². The zero-order chi connectivity index (χ0) is 21.9. The number of rotatable bonds is 8. The molecule has 3 aromatic rings. The number of carbonyl (C=O) groups is 1. The van der Waals surface area contributed by atoms with Gasteiger partial charge >= 0.3 is 0 Å². The largest absolute Gasteiger partial charge is 0.467 e. The number of allylic oxidation sites excluding steroid dienone is 2. The maximum atomic E-state index is 13.2. The number of amides is 1. The predicted octanol–water partition coefficient (Wildman–Crippen LogP) is 5.78. The lowest BCUT2D eigenvalue weighted by Crippen LogP contribution is -2.34. The molecular formula is C24H25ClN4O2S. The van der Waals surface area contributed by atoms with Crippen LogP contribution in [0.4, 0.5) is 0 Å². The van der Waals surface area contributed by atoms with Crippen LogP contribution in [0.2, 0.25) is 5.02 Å². The minimum atomic E-state index is 0.159. The number of benzene rings is 1. The third-order valence-corrected chi connectivity index (χ3v) is 7.00. The Kier molecular flexibility index (Phi) is 6.37. The molecule has 166 valence electrons. The fourth-order valence-electron chi connectivity index (χ4n) is 4.08. The second kappa shape index (κ2) is 9.55. The molecule has 2 aromatic heterocycles. The van der Waals surface area contributed by atoms with Crippen molar-refractivity contribution in [2.45, 2.75) is 56.3 Å². The van der Waals surface area contributed by atoms with Gasteiger partial charge in [-0.1, -0.05) is 29.4 Å². The van der Waals surface area contributed by atoms with E-state index in [4.69, 9.17) is 16.0 Å². The Balaban J connectivity index is 1.37. The van der Waals surface area contributed by atoms with Crippen molar-refractivity contribution in [2.75, 3.05) is 5.75 Å². The molecule has 0 radical (unpaired) electrons. The molecule has 2 aliphatic carbocycles. The smallest absolute Gasteiger partial charge is 0.237 e. The van der Waals surface area contributed by atoms with E-state index in [0.29, 0.717) is 28.5 Å². The van der Waals surface area contributed by atoms with Gasteiger partial charge in [0.15, 0.2) is 11.0 Å². The molecular weight excluding hydrogens is 444 g/mol. The Bertz CT molecular complexity index is 1100. The summed E-state index contributed by atoms with van der Waals surface area (Å²) in [6, 6.07) is 11.7. The average molecular weight is 469 g/mol.